The van der Waals surface area contributed by atoms with Crippen LogP contribution in [-0.2, 0) is 0 Å². The fourth-order valence-electron chi connectivity index (χ4n) is 2.00. The molecule has 1 heterocycles. The van der Waals surface area contributed by atoms with Crippen LogP contribution in [0.15, 0.2) is 0 Å². The molecule has 0 radical (unpaired) electrons. The van der Waals surface area contributed by atoms with E-state index in [1.165, 1.54) is 11.8 Å². The van der Waals surface area contributed by atoms with Crippen LogP contribution in [0.5, 0.6) is 0 Å². The first kappa shape index (κ1) is 10.9. The van der Waals surface area contributed by atoms with E-state index in [9.17, 15) is 4.79 Å². The number of amides is 1. The maximum Gasteiger partial charge on any atom is 0.281 e. The highest BCUT2D eigenvalue weighted by atomic mass is 32.2. The molecule has 1 unspecified atom stereocenters. The summed E-state index contributed by atoms with van der Waals surface area (Å²) in [6.07, 6.45) is 4.18. The molecule has 13 heavy (non-hydrogen) atoms. The molecule has 1 fully saturated rings. The Balaban J connectivity index is 2.70. The molecule has 76 valence electrons. The lowest BCUT2D eigenvalue weighted by molar-refractivity contribution is 0.164. The Morgan fingerprint density at radius 3 is 2.54 bits per heavy atom. The number of hydrogen-bond donors (Lipinski definition) is 0. The number of carbonyl (C=O) groups excluding carboxylic acids is 1. The van der Waals surface area contributed by atoms with Crippen LogP contribution in [0.2, 0.25) is 0 Å². The lowest BCUT2D eigenvalue weighted by Crippen LogP contribution is -2.41. The first-order valence-corrected chi connectivity index (χ1v) is 6.04. The quantitative estimate of drug-likeness (QED) is 0.600. The molecule has 3 heteroatoms. The van der Waals surface area contributed by atoms with Gasteiger partial charge in [0.1, 0.15) is 0 Å². The number of nitrogens with zero attached hydrogens (tertiary/aromatic N) is 1. The van der Waals surface area contributed by atoms with Gasteiger partial charge in [-0.15, -0.1) is 0 Å². The first-order chi connectivity index (χ1) is 5.96. The molecule has 0 bridgehead atoms. The summed E-state index contributed by atoms with van der Waals surface area (Å²) in [5.74, 6) is 0. The van der Waals surface area contributed by atoms with E-state index in [0.29, 0.717) is 6.04 Å². The second-order valence-electron chi connectivity index (χ2n) is 4.69. The van der Waals surface area contributed by atoms with Crippen LogP contribution >= 0.6 is 11.8 Å². The van der Waals surface area contributed by atoms with Gasteiger partial charge < -0.3 is 4.90 Å². The Morgan fingerprint density at radius 2 is 2.08 bits per heavy atom. The first-order valence-electron chi connectivity index (χ1n) is 4.81. The van der Waals surface area contributed by atoms with Crippen molar-refractivity contribution in [3.05, 3.63) is 0 Å². The van der Waals surface area contributed by atoms with Crippen LogP contribution in [0.1, 0.15) is 33.6 Å². The zero-order chi connectivity index (χ0) is 10.1. The summed E-state index contributed by atoms with van der Waals surface area (Å²) >= 11 is 1.33. The molecular weight excluding hydrogens is 182 g/mol. The van der Waals surface area contributed by atoms with Crippen LogP contribution in [-0.4, -0.2) is 29.0 Å². The molecule has 1 aliphatic rings. The van der Waals surface area contributed by atoms with E-state index in [-0.39, 0.29) is 10.7 Å². The van der Waals surface area contributed by atoms with Crippen LogP contribution in [0.4, 0.5) is 4.79 Å². The molecule has 0 saturated carbocycles. The van der Waals surface area contributed by atoms with E-state index in [4.69, 9.17) is 0 Å². The summed E-state index contributed by atoms with van der Waals surface area (Å²) in [7, 11) is 0. The van der Waals surface area contributed by atoms with Crippen molar-refractivity contribution in [2.24, 2.45) is 5.41 Å². The zero-order valence-electron chi connectivity index (χ0n) is 8.96. The fourth-order valence-corrected chi connectivity index (χ4v) is 2.46. The van der Waals surface area contributed by atoms with Crippen molar-refractivity contribution in [2.45, 2.75) is 39.7 Å². The number of thioether (sulfide) groups is 1. The maximum absolute atomic E-state index is 11.6. The molecule has 0 aromatic carbocycles. The van der Waals surface area contributed by atoms with E-state index in [0.717, 1.165) is 19.4 Å². The third kappa shape index (κ3) is 2.39. The number of likely N-dealkylation sites (tertiary alicyclic amines) is 1. The predicted molar refractivity (Wildman–Crippen MR) is 58.1 cm³/mol. The van der Waals surface area contributed by atoms with Gasteiger partial charge in [-0.3, -0.25) is 4.79 Å². The average molecular weight is 201 g/mol. The standard InChI is InChI=1S/C10H19NOS/c1-10(2,3)8-6-5-7-11(8)9(12)13-4/h8H,5-7H2,1-4H3. The summed E-state index contributed by atoms with van der Waals surface area (Å²) in [5, 5.41) is 0.234. The van der Waals surface area contributed by atoms with Gasteiger partial charge in [0.05, 0.1) is 0 Å². The van der Waals surface area contributed by atoms with Crippen LogP contribution < -0.4 is 0 Å². The van der Waals surface area contributed by atoms with E-state index < -0.39 is 0 Å². The SMILES string of the molecule is CSC(=O)N1CCCC1C(C)(C)C. The van der Waals surface area contributed by atoms with Crippen LogP contribution in [0.25, 0.3) is 0 Å². The molecule has 0 N–H and O–H groups in total. The van der Waals surface area contributed by atoms with Crippen molar-refractivity contribution in [2.75, 3.05) is 12.8 Å². The third-order valence-electron chi connectivity index (χ3n) is 2.66. The highest BCUT2D eigenvalue weighted by Gasteiger charge is 2.36. The van der Waals surface area contributed by atoms with Gasteiger partial charge in [0, 0.05) is 12.6 Å². The van der Waals surface area contributed by atoms with Gasteiger partial charge in [0.25, 0.3) is 5.24 Å². The van der Waals surface area contributed by atoms with Crippen LogP contribution in [0, 0.1) is 5.41 Å². The van der Waals surface area contributed by atoms with Crippen molar-refractivity contribution in [3.63, 3.8) is 0 Å². The Morgan fingerprint density at radius 1 is 1.46 bits per heavy atom. The van der Waals surface area contributed by atoms with E-state index in [1.807, 2.05) is 11.2 Å². The fraction of sp³-hybridized carbons (Fsp3) is 0.900. The minimum Gasteiger partial charge on any atom is -0.330 e. The lowest BCUT2D eigenvalue weighted by atomic mass is 9.85. The van der Waals surface area contributed by atoms with Gasteiger partial charge in [-0.25, -0.2) is 0 Å². The van der Waals surface area contributed by atoms with Crippen molar-refractivity contribution < 1.29 is 4.79 Å². The molecular formula is C10H19NOS. The second kappa shape index (κ2) is 3.91. The molecule has 1 atom stereocenters. The molecule has 0 aromatic rings. The van der Waals surface area contributed by atoms with E-state index in [2.05, 4.69) is 20.8 Å². The van der Waals surface area contributed by atoms with Crippen molar-refractivity contribution in [1.29, 1.82) is 0 Å². The molecule has 0 aromatic heterocycles. The van der Waals surface area contributed by atoms with Crippen molar-refractivity contribution in [3.8, 4) is 0 Å². The van der Waals surface area contributed by atoms with Crippen molar-refractivity contribution in [1.82, 2.24) is 4.90 Å². The van der Waals surface area contributed by atoms with Gasteiger partial charge in [0.2, 0.25) is 0 Å². The van der Waals surface area contributed by atoms with Gasteiger partial charge >= 0.3 is 0 Å². The summed E-state index contributed by atoms with van der Waals surface area (Å²) < 4.78 is 0. The highest BCUT2D eigenvalue weighted by Crippen LogP contribution is 2.33. The molecule has 1 aliphatic heterocycles. The Hall–Kier alpha value is -0.180. The topological polar surface area (TPSA) is 20.3 Å². The Bertz CT molecular complexity index is 198. The van der Waals surface area contributed by atoms with Crippen molar-refractivity contribution >= 4 is 17.0 Å². The average Bonchev–Trinajstić information content (AvgIpc) is 2.49. The summed E-state index contributed by atoms with van der Waals surface area (Å²) in [5.41, 5.74) is 0.224. The monoisotopic (exact) mass is 201 g/mol. The minimum absolute atomic E-state index is 0.224. The van der Waals surface area contributed by atoms with Crippen LogP contribution in [0.3, 0.4) is 0 Å². The molecule has 0 aliphatic carbocycles. The molecule has 1 saturated heterocycles. The molecule has 0 spiro atoms. The third-order valence-corrected chi connectivity index (χ3v) is 3.25. The normalized spacial score (nSPS) is 23.7. The lowest BCUT2D eigenvalue weighted by Gasteiger charge is -2.34. The molecule has 2 nitrogen and oxygen atoms in total. The molecule has 1 amide bonds. The maximum atomic E-state index is 11.6. The van der Waals surface area contributed by atoms with Gasteiger partial charge in [0.15, 0.2) is 0 Å². The summed E-state index contributed by atoms with van der Waals surface area (Å²) in [6, 6.07) is 0.437. The smallest absolute Gasteiger partial charge is 0.281 e. The Labute approximate surface area is 85.1 Å². The van der Waals surface area contributed by atoms with E-state index in [1.54, 1.807) is 0 Å². The predicted octanol–water partition coefficient (Wildman–Crippen LogP) is 2.98. The second-order valence-corrected chi connectivity index (χ2v) is 5.44. The number of hydrogen-bond acceptors (Lipinski definition) is 2. The highest BCUT2D eigenvalue weighted by molar-refractivity contribution is 8.12. The number of rotatable bonds is 0. The summed E-state index contributed by atoms with van der Waals surface area (Å²) in [4.78, 5) is 13.6. The van der Waals surface area contributed by atoms with Gasteiger partial charge in [-0.05, 0) is 24.5 Å². The minimum atomic E-state index is 0.224. The zero-order valence-corrected chi connectivity index (χ0v) is 9.78. The van der Waals surface area contributed by atoms with Gasteiger partial charge in [-0.2, -0.15) is 0 Å². The van der Waals surface area contributed by atoms with E-state index >= 15 is 0 Å². The Kier molecular flexibility index (Phi) is 3.28. The summed E-state index contributed by atoms with van der Waals surface area (Å²) in [6.45, 7) is 7.58. The number of carbonyl (C=O) groups is 1. The largest absolute Gasteiger partial charge is 0.330 e. The van der Waals surface area contributed by atoms with Gasteiger partial charge in [-0.1, -0.05) is 32.5 Å². The molecule has 1 rings (SSSR count).